The van der Waals surface area contributed by atoms with E-state index in [1.807, 2.05) is 36.4 Å². The van der Waals surface area contributed by atoms with E-state index >= 15 is 0 Å². The first kappa shape index (κ1) is 16.7. The number of hydrogen-bond donors (Lipinski definition) is 0. The molecular formula is C21H18FNO3. The van der Waals surface area contributed by atoms with Crippen LogP contribution in [0.4, 0.5) is 4.39 Å². The highest BCUT2D eigenvalue weighted by molar-refractivity contribution is 5.70. The minimum Gasteiger partial charge on any atom is -0.496 e. The first-order valence-electron chi connectivity index (χ1n) is 8.36. The van der Waals surface area contributed by atoms with Crippen LogP contribution in [0.1, 0.15) is 11.1 Å². The van der Waals surface area contributed by atoms with Crippen LogP contribution in [0, 0.1) is 5.82 Å². The molecule has 0 amide bonds. The second kappa shape index (κ2) is 6.86. The summed E-state index contributed by atoms with van der Waals surface area (Å²) in [5.41, 5.74) is 3.54. The molecular weight excluding hydrogens is 333 g/mol. The number of pyridine rings is 1. The fraction of sp³-hybridized carbons (Fsp3) is 0.190. The van der Waals surface area contributed by atoms with Crippen LogP contribution in [0.2, 0.25) is 0 Å². The summed E-state index contributed by atoms with van der Waals surface area (Å²) >= 11 is 0. The van der Waals surface area contributed by atoms with Gasteiger partial charge in [0.05, 0.1) is 20.3 Å². The van der Waals surface area contributed by atoms with Crippen molar-refractivity contribution in [1.29, 1.82) is 0 Å². The van der Waals surface area contributed by atoms with E-state index in [0.29, 0.717) is 19.0 Å². The molecule has 0 saturated carbocycles. The van der Waals surface area contributed by atoms with Crippen LogP contribution in [0.5, 0.6) is 5.75 Å². The molecule has 2 heterocycles. The molecule has 26 heavy (non-hydrogen) atoms. The number of aromatic nitrogens is 1. The third-order valence-electron chi connectivity index (χ3n) is 4.49. The molecule has 132 valence electrons. The lowest BCUT2D eigenvalue weighted by atomic mass is 9.95. The molecule has 4 rings (SSSR count). The van der Waals surface area contributed by atoms with Crippen molar-refractivity contribution in [3.63, 3.8) is 0 Å². The van der Waals surface area contributed by atoms with E-state index in [-0.39, 0.29) is 5.82 Å². The Morgan fingerprint density at radius 1 is 0.923 bits per heavy atom. The normalized spacial score (nSPS) is 15.8. The second-order valence-electron chi connectivity index (χ2n) is 5.97. The van der Waals surface area contributed by atoms with Crippen LogP contribution in [0.25, 0.3) is 11.1 Å². The Kier molecular flexibility index (Phi) is 4.41. The van der Waals surface area contributed by atoms with Crippen LogP contribution in [-0.2, 0) is 15.3 Å². The predicted molar refractivity (Wildman–Crippen MR) is 95.3 cm³/mol. The lowest BCUT2D eigenvalue weighted by Gasteiger charge is -2.28. The van der Waals surface area contributed by atoms with Crippen LogP contribution in [0.3, 0.4) is 0 Å². The highest BCUT2D eigenvalue weighted by Gasteiger charge is 2.40. The van der Waals surface area contributed by atoms with Gasteiger partial charge >= 0.3 is 0 Å². The monoisotopic (exact) mass is 351 g/mol. The Hall–Kier alpha value is -2.76. The van der Waals surface area contributed by atoms with Gasteiger partial charge in [0.2, 0.25) is 5.79 Å². The third kappa shape index (κ3) is 2.85. The van der Waals surface area contributed by atoms with Gasteiger partial charge in [0, 0.05) is 35.2 Å². The number of hydrogen-bond acceptors (Lipinski definition) is 4. The summed E-state index contributed by atoms with van der Waals surface area (Å²) in [5.74, 6) is -0.754. The molecule has 3 aromatic rings. The van der Waals surface area contributed by atoms with E-state index in [1.165, 1.54) is 19.2 Å². The summed E-state index contributed by atoms with van der Waals surface area (Å²) in [7, 11) is 1.53. The van der Waals surface area contributed by atoms with E-state index in [2.05, 4.69) is 4.98 Å². The number of methoxy groups -OCH3 is 1. The van der Waals surface area contributed by atoms with Crippen molar-refractivity contribution in [2.45, 2.75) is 5.79 Å². The lowest BCUT2D eigenvalue weighted by molar-refractivity contribution is -0.129. The molecule has 4 nitrogen and oxygen atoms in total. The molecule has 0 unspecified atom stereocenters. The maximum Gasteiger partial charge on any atom is 0.222 e. The Balaban J connectivity index is 1.74. The van der Waals surface area contributed by atoms with Gasteiger partial charge in [-0.2, -0.15) is 0 Å². The molecule has 0 N–H and O–H groups in total. The quantitative estimate of drug-likeness (QED) is 0.708. The van der Waals surface area contributed by atoms with Gasteiger partial charge in [0.1, 0.15) is 11.6 Å². The van der Waals surface area contributed by atoms with Gasteiger partial charge in [-0.05, 0) is 29.8 Å². The molecule has 1 saturated heterocycles. The zero-order chi connectivity index (χ0) is 18.0. The van der Waals surface area contributed by atoms with E-state index < -0.39 is 5.79 Å². The first-order valence-corrected chi connectivity index (χ1v) is 8.36. The van der Waals surface area contributed by atoms with Crippen molar-refractivity contribution < 1.29 is 18.6 Å². The predicted octanol–water partition coefficient (Wildman–Crippen LogP) is 4.14. The van der Waals surface area contributed by atoms with Gasteiger partial charge in [0.25, 0.3) is 0 Å². The van der Waals surface area contributed by atoms with Gasteiger partial charge in [-0.25, -0.2) is 4.39 Å². The van der Waals surface area contributed by atoms with Gasteiger partial charge in [-0.3, -0.25) is 4.98 Å². The minimum atomic E-state index is -0.922. The summed E-state index contributed by atoms with van der Waals surface area (Å²) in [4.78, 5) is 4.07. The van der Waals surface area contributed by atoms with Crippen molar-refractivity contribution in [2.75, 3.05) is 20.3 Å². The summed E-state index contributed by atoms with van der Waals surface area (Å²) in [6.07, 6.45) is 3.44. The minimum absolute atomic E-state index is 0.327. The van der Waals surface area contributed by atoms with Crippen molar-refractivity contribution in [3.8, 4) is 16.9 Å². The van der Waals surface area contributed by atoms with Crippen LogP contribution in [-0.4, -0.2) is 25.3 Å². The van der Waals surface area contributed by atoms with Gasteiger partial charge < -0.3 is 14.2 Å². The molecule has 0 aliphatic carbocycles. The number of halogens is 1. The Labute approximate surface area is 151 Å². The van der Waals surface area contributed by atoms with E-state index in [4.69, 9.17) is 14.2 Å². The smallest absolute Gasteiger partial charge is 0.222 e. The second-order valence-corrected chi connectivity index (χ2v) is 5.97. The summed E-state index contributed by atoms with van der Waals surface area (Å²) in [5, 5.41) is 0. The molecule has 1 fully saturated rings. The number of ether oxygens (including phenoxy) is 3. The van der Waals surface area contributed by atoms with Crippen LogP contribution >= 0.6 is 0 Å². The molecule has 2 aromatic carbocycles. The van der Waals surface area contributed by atoms with Crippen molar-refractivity contribution >= 4 is 0 Å². The van der Waals surface area contributed by atoms with E-state index in [9.17, 15) is 4.39 Å². The Morgan fingerprint density at radius 2 is 1.58 bits per heavy atom. The van der Waals surface area contributed by atoms with Crippen molar-refractivity contribution in [1.82, 2.24) is 4.98 Å². The Bertz CT molecular complexity index is 891. The van der Waals surface area contributed by atoms with Crippen LogP contribution < -0.4 is 4.74 Å². The molecule has 5 heteroatoms. The molecule has 0 atom stereocenters. The largest absolute Gasteiger partial charge is 0.496 e. The van der Waals surface area contributed by atoms with Gasteiger partial charge in [0.15, 0.2) is 0 Å². The van der Waals surface area contributed by atoms with Crippen molar-refractivity contribution in [2.24, 2.45) is 0 Å². The van der Waals surface area contributed by atoms with E-state index in [1.54, 1.807) is 18.5 Å². The van der Waals surface area contributed by atoms with Gasteiger partial charge in [-0.1, -0.05) is 24.3 Å². The third-order valence-corrected chi connectivity index (χ3v) is 4.49. The fourth-order valence-corrected chi connectivity index (χ4v) is 3.26. The zero-order valence-electron chi connectivity index (χ0n) is 14.3. The summed E-state index contributed by atoms with van der Waals surface area (Å²) < 4.78 is 30.7. The molecule has 0 bridgehead atoms. The van der Waals surface area contributed by atoms with Crippen molar-refractivity contribution in [3.05, 3.63) is 83.9 Å². The number of benzene rings is 2. The molecule has 1 aromatic heterocycles. The SMILES string of the molecule is COc1cc(F)ccc1-c1ccc(C2(c3ccncc3)OCCO2)cc1. The molecule has 0 spiro atoms. The maximum atomic E-state index is 13.4. The highest BCUT2D eigenvalue weighted by atomic mass is 19.1. The summed E-state index contributed by atoms with van der Waals surface area (Å²) in [6.45, 7) is 1.05. The highest BCUT2D eigenvalue weighted by Crippen LogP contribution is 2.39. The lowest BCUT2D eigenvalue weighted by Crippen LogP contribution is -2.28. The number of rotatable bonds is 4. The molecule has 0 radical (unpaired) electrons. The van der Waals surface area contributed by atoms with E-state index in [0.717, 1.165) is 22.3 Å². The fourth-order valence-electron chi connectivity index (χ4n) is 3.26. The first-order chi connectivity index (χ1) is 12.7. The topological polar surface area (TPSA) is 40.6 Å². The average Bonchev–Trinajstić information content (AvgIpc) is 3.20. The van der Waals surface area contributed by atoms with Gasteiger partial charge in [-0.15, -0.1) is 0 Å². The Morgan fingerprint density at radius 3 is 2.23 bits per heavy atom. The summed E-state index contributed by atoms with van der Waals surface area (Å²) in [6, 6.07) is 16.1. The maximum absolute atomic E-state index is 13.4. The zero-order valence-corrected chi connectivity index (χ0v) is 14.3. The standard InChI is InChI=1S/C21H18FNO3/c1-24-20-14-18(22)6-7-19(20)15-2-4-16(5-3-15)21(25-12-13-26-21)17-8-10-23-11-9-17/h2-11,14H,12-13H2,1H3. The number of nitrogens with zero attached hydrogens (tertiary/aromatic N) is 1. The molecule has 1 aliphatic heterocycles. The van der Waals surface area contributed by atoms with Crippen LogP contribution in [0.15, 0.2) is 67.0 Å². The molecule has 1 aliphatic rings. The average molecular weight is 351 g/mol.